The van der Waals surface area contributed by atoms with Gasteiger partial charge in [0.15, 0.2) is 0 Å². The van der Waals surface area contributed by atoms with Crippen LogP contribution in [0, 0.1) is 0 Å². The van der Waals surface area contributed by atoms with Crippen LogP contribution in [0.5, 0.6) is 0 Å². The minimum atomic E-state index is 0.0424. The molecule has 0 amide bonds. The Morgan fingerprint density at radius 3 is 2.29 bits per heavy atom. The molecule has 4 aromatic rings. The van der Waals surface area contributed by atoms with Gasteiger partial charge in [0.1, 0.15) is 0 Å². The Morgan fingerprint density at radius 2 is 1.58 bits per heavy atom. The van der Waals surface area contributed by atoms with Gasteiger partial charge in [-0.1, -0.05) is 64.4 Å². The number of H-pyrrole nitrogens is 1. The molecule has 0 aliphatic rings. The first-order chi connectivity index (χ1) is 11.6. The molecule has 0 bridgehead atoms. The molecular formula is C22H25NS. The topological polar surface area (TPSA) is 15.8 Å². The molecule has 1 nitrogen and oxygen atoms in total. The first kappa shape index (κ1) is 16.8. The molecule has 1 N–H and O–H groups in total. The SMILES string of the molecule is CC(C)(c1ccc2[nH]c3ccccc3c2c1)c1cccs1.CCC. The van der Waals surface area contributed by atoms with Crippen LogP contribution in [0.3, 0.4) is 0 Å². The van der Waals surface area contributed by atoms with Gasteiger partial charge in [-0.2, -0.15) is 0 Å². The Labute approximate surface area is 148 Å². The van der Waals surface area contributed by atoms with Crippen molar-refractivity contribution < 1.29 is 0 Å². The molecule has 2 heterocycles. The van der Waals surface area contributed by atoms with E-state index in [0.29, 0.717) is 0 Å². The maximum atomic E-state index is 3.49. The summed E-state index contributed by atoms with van der Waals surface area (Å²) in [7, 11) is 0. The highest BCUT2D eigenvalue weighted by molar-refractivity contribution is 7.10. The number of thiophene rings is 1. The van der Waals surface area contributed by atoms with Crippen LogP contribution in [0.15, 0.2) is 60.0 Å². The largest absolute Gasteiger partial charge is 0.355 e. The lowest BCUT2D eigenvalue weighted by Gasteiger charge is -2.24. The monoisotopic (exact) mass is 335 g/mol. The molecule has 4 rings (SSSR count). The Hall–Kier alpha value is -2.06. The zero-order chi connectivity index (χ0) is 17.2. The van der Waals surface area contributed by atoms with Crippen molar-refractivity contribution in [1.29, 1.82) is 0 Å². The fourth-order valence-electron chi connectivity index (χ4n) is 3.01. The zero-order valence-electron chi connectivity index (χ0n) is 14.9. The maximum Gasteiger partial charge on any atom is 0.0465 e. The Morgan fingerprint density at radius 1 is 0.875 bits per heavy atom. The van der Waals surface area contributed by atoms with E-state index in [4.69, 9.17) is 0 Å². The van der Waals surface area contributed by atoms with Gasteiger partial charge in [-0.25, -0.2) is 0 Å². The summed E-state index contributed by atoms with van der Waals surface area (Å²) < 4.78 is 0. The highest BCUT2D eigenvalue weighted by Crippen LogP contribution is 2.37. The summed E-state index contributed by atoms with van der Waals surface area (Å²) in [4.78, 5) is 4.90. The molecular weight excluding hydrogens is 310 g/mol. The first-order valence-corrected chi connectivity index (χ1v) is 9.50. The third-order valence-electron chi connectivity index (χ3n) is 4.37. The molecule has 0 aliphatic carbocycles. The minimum absolute atomic E-state index is 0.0424. The number of nitrogens with one attached hydrogen (secondary N) is 1. The van der Waals surface area contributed by atoms with Gasteiger partial charge in [0, 0.05) is 32.1 Å². The van der Waals surface area contributed by atoms with Gasteiger partial charge in [-0.3, -0.25) is 0 Å². The number of hydrogen-bond donors (Lipinski definition) is 1. The van der Waals surface area contributed by atoms with Crippen molar-refractivity contribution in [1.82, 2.24) is 4.98 Å². The normalized spacial score (nSPS) is 11.5. The second-order valence-electron chi connectivity index (χ2n) is 6.74. The molecule has 0 spiro atoms. The van der Waals surface area contributed by atoms with Gasteiger partial charge >= 0.3 is 0 Å². The number of fused-ring (bicyclic) bond motifs is 3. The summed E-state index contributed by atoms with van der Waals surface area (Å²) in [6.45, 7) is 8.85. The number of rotatable bonds is 2. The zero-order valence-corrected chi connectivity index (χ0v) is 15.7. The van der Waals surface area contributed by atoms with Gasteiger partial charge < -0.3 is 4.98 Å². The highest BCUT2D eigenvalue weighted by atomic mass is 32.1. The van der Waals surface area contributed by atoms with Gasteiger partial charge in [-0.15, -0.1) is 11.3 Å². The number of aromatic nitrogens is 1. The fraction of sp³-hybridized carbons (Fsp3) is 0.273. The van der Waals surface area contributed by atoms with Crippen LogP contribution in [0.2, 0.25) is 0 Å². The highest BCUT2D eigenvalue weighted by Gasteiger charge is 2.24. The number of para-hydroxylation sites is 1. The lowest BCUT2D eigenvalue weighted by atomic mass is 9.82. The van der Waals surface area contributed by atoms with Crippen LogP contribution in [0.25, 0.3) is 21.8 Å². The van der Waals surface area contributed by atoms with E-state index in [2.05, 4.69) is 92.7 Å². The van der Waals surface area contributed by atoms with E-state index in [1.165, 1.54) is 38.7 Å². The van der Waals surface area contributed by atoms with Crippen molar-refractivity contribution in [2.75, 3.05) is 0 Å². The van der Waals surface area contributed by atoms with Gasteiger partial charge in [0.05, 0.1) is 0 Å². The molecule has 24 heavy (non-hydrogen) atoms. The van der Waals surface area contributed by atoms with E-state index >= 15 is 0 Å². The Bertz CT molecular complexity index is 929. The molecule has 0 aliphatic heterocycles. The van der Waals surface area contributed by atoms with Gasteiger partial charge in [-0.05, 0) is 35.2 Å². The van der Waals surface area contributed by atoms with Crippen LogP contribution in [0.1, 0.15) is 44.6 Å². The van der Waals surface area contributed by atoms with Crippen molar-refractivity contribution >= 4 is 33.1 Å². The molecule has 0 saturated heterocycles. The smallest absolute Gasteiger partial charge is 0.0465 e. The van der Waals surface area contributed by atoms with E-state index < -0.39 is 0 Å². The predicted molar refractivity (Wildman–Crippen MR) is 108 cm³/mol. The van der Waals surface area contributed by atoms with Crippen LogP contribution in [-0.2, 0) is 5.41 Å². The molecule has 0 unspecified atom stereocenters. The molecule has 124 valence electrons. The number of aromatic amines is 1. The van der Waals surface area contributed by atoms with Crippen molar-refractivity contribution in [2.45, 2.75) is 39.5 Å². The minimum Gasteiger partial charge on any atom is -0.355 e. The molecule has 2 aromatic heterocycles. The lowest BCUT2D eigenvalue weighted by molar-refractivity contribution is 0.657. The lowest BCUT2D eigenvalue weighted by Crippen LogP contribution is -2.16. The molecule has 0 radical (unpaired) electrons. The van der Waals surface area contributed by atoms with E-state index in [1.807, 2.05) is 11.3 Å². The predicted octanol–water partition coefficient (Wildman–Crippen LogP) is 7.12. The molecule has 0 atom stereocenters. The summed E-state index contributed by atoms with van der Waals surface area (Å²) in [5, 5.41) is 4.77. The van der Waals surface area contributed by atoms with Crippen molar-refractivity contribution in [3.05, 3.63) is 70.4 Å². The van der Waals surface area contributed by atoms with Crippen LogP contribution in [-0.4, -0.2) is 4.98 Å². The van der Waals surface area contributed by atoms with E-state index in [1.54, 1.807) is 0 Å². The molecule has 0 saturated carbocycles. The van der Waals surface area contributed by atoms with Gasteiger partial charge in [0.2, 0.25) is 0 Å². The number of benzene rings is 2. The summed E-state index contributed by atoms with van der Waals surface area (Å²) in [6, 6.07) is 19.7. The summed E-state index contributed by atoms with van der Waals surface area (Å²) in [5.41, 5.74) is 3.82. The molecule has 2 aromatic carbocycles. The summed E-state index contributed by atoms with van der Waals surface area (Å²) >= 11 is 1.83. The van der Waals surface area contributed by atoms with E-state index in [9.17, 15) is 0 Å². The fourth-order valence-corrected chi connectivity index (χ4v) is 3.89. The molecule has 0 fully saturated rings. The van der Waals surface area contributed by atoms with Gasteiger partial charge in [0.25, 0.3) is 0 Å². The second-order valence-corrected chi connectivity index (χ2v) is 7.69. The van der Waals surface area contributed by atoms with Crippen molar-refractivity contribution in [2.24, 2.45) is 0 Å². The summed E-state index contributed by atoms with van der Waals surface area (Å²) in [6.07, 6.45) is 1.25. The summed E-state index contributed by atoms with van der Waals surface area (Å²) in [5.74, 6) is 0. The Balaban J connectivity index is 0.000000526. The average Bonchev–Trinajstić information content (AvgIpc) is 3.23. The number of hydrogen-bond acceptors (Lipinski definition) is 1. The van der Waals surface area contributed by atoms with E-state index in [0.717, 1.165) is 0 Å². The average molecular weight is 336 g/mol. The van der Waals surface area contributed by atoms with Crippen LogP contribution >= 0.6 is 11.3 Å². The first-order valence-electron chi connectivity index (χ1n) is 8.62. The third-order valence-corrected chi connectivity index (χ3v) is 5.56. The van der Waals surface area contributed by atoms with E-state index in [-0.39, 0.29) is 5.41 Å². The third kappa shape index (κ3) is 2.99. The maximum absolute atomic E-state index is 3.49. The van der Waals surface area contributed by atoms with Crippen LogP contribution in [0.4, 0.5) is 0 Å². The quantitative estimate of drug-likeness (QED) is 0.401. The second kappa shape index (κ2) is 6.82. The van der Waals surface area contributed by atoms with Crippen molar-refractivity contribution in [3.63, 3.8) is 0 Å². The standard InChI is InChI=1S/C19H17NS.C3H8/c1-19(2,18-8-5-11-21-18)13-9-10-17-15(12-13)14-6-3-4-7-16(14)20-17;1-3-2/h3-12,20H,1-2H3;3H2,1-2H3. The Kier molecular flexibility index (Phi) is 4.77. The van der Waals surface area contributed by atoms with Crippen LogP contribution < -0.4 is 0 Å². The molecule has 2 heteroatoms. The van der Waals surface area contributed by atoms with Crippen molar-refractivity contribution in [3.8, 4) is 0 Å².